The molecule has 0 aliphatic carbocycles. The predicted molar refractivity (Wildman–Crippen MR) is 108 cm³/mol. The number of ether oxygens (including phenoxy) is 3. The molecule has 2 N–H and O–H groups in total. The van der Waals surface area contributed by atoms with Crippen LogP contribution >= 0.6 is 0 Å². The van der Waals surface area contributed by atoms with Crippen molar-refractivity contribution >= 4 is 28.7 Å². The number of benzene rings is 2. The van der Waals surface area contributed by atoms with Crippen LogP contribution in [0.3, 0.4) is 0 Å². The number of hydrogen-bond acceptors (Lipinski definition) is 9. The Balaban J connectivity index is 2.01. The average molecular weight is 397 g/mol. The summed E-state index contributed by atoms with van der Waals surface area (Å²) in [6.45, 7) is 0. The highest BCUT2D eigenvalue weighted by atomic mass is 16.6. The molecule has 29 heavy (non-hydrogen) atoms. The molecule has 0 saturated carbocycles. The van der Waals surface area contributed by atoms with Gasteiger partial charge in [-0.1, -0.05) is 12.1 Å². The second-order valence-corrected chi connectivity index (χ2v) is 5.69. The van der Waals surface area contributed by atoms with Gasteiger partial charge in [0.15, 0.2) is 0 Å². The third-order valence-electron chi connectivity index (χ3n) is 4.03. The Kier molecular flexibility index (Phi) is 5.93. The number of methoxy groups -OCH3 is 3. The molecule has 150 valence electrons. The smallest absolute Gasteiger partial charge is 0.353 e. The van der Waals surface area contributed by atoms with Gasteiger partial charge in [-0.05, 0) is 24.3 Å². The topological polar surface area (TPSA) is 121 Å². The van der Waals surface area contributed by atoms with Gasteiger partial charge in [0.25, 0.3) is 0 Å². The molecular formula is C19H19N5O5. The maximum Gasteiger partial charge on any atom is 0.353 e. The standard InChI is InChI=1S/C19H19N5O5/c1-27-12-8-9-14(16(10-12)29-3)23-19-17(24(25)26)18(20-11-21-19)22-13-6-4-5-7-15(13)28-2/h4-11H,1-3H3,(H2,20,21,22,23). The number of hydrogen-bond donors (Lipinski definition) is 2. The quantitative estimate of drug-likeness (QED) is 0.430. The molecule has 1 aromatic heterocycles. The summed E-state index contributed by atoms with van der Waals surface area (Å²) < 4.78 is 15.8. The van der Waals surface area contributed by atoms with Crippen LogP contribution in [-0.2, 0) is 0 Å². The van der Waals surface area contributed by atoms with Crippen LogP contribution in [0.1, 0.15) is 0 Å². The molecule has 0 saturated heterocycles. The van der Waals surface area contributed by atoms with E-state index < -0.39 is 4.92 Å². The van der Waals surface area contributed by atoms with Crippen molar-refractivity contribution in [2.75, 3.05) is 32.0 Å². The van der Waals surface area contributed by atoms with Gasteiger partial charge in [-0.2, -0.15) is 0 Å². The molecule has 0 fully saturated rings. The Morgan fingerprint density at radius 1 is 0.862 bits per heavy atom. The van der Waals surface area contributed by atoms with Crippen LogP contribution in [0, 0.1) is 10.1 Å². The van der Waals surface area contributed by atoms with E-state index in [0.29, 0.717) is 28.6 Å². The Morgan fingerprint density at radius 2 is 1.48 bits per heavy atom. The van der Waals surface area contributed by atoms with Gasteiger partial charge in [0.1, 0.15) is 23.6 Å². The van der Waals surface area contributed by atoms with E-state index in [1.807, 2.05) is 0 Å². The fourth-order valence-electron chi connectivity index (χ4n) is 2.64. The zero-order chi connectivity index (χ0) is 20.8. The van der Waals surface area contributed by atoms with Crippen LogP contribution in [0.15, 0.2) is 48.8 Å². The molecule has 0 spiro atoms. The molecule has 0 radical (unpaired) electrons. The fraction of sp³-hybridized carbons (Fsp3) is 0.158. The lowest BCUT2D eigenvalue weighted by Gasteiger charge is -2.14. The van der Waals surface area contributed by atoms with E-state index in [4.69, 9.17) is 14.2 Å². The van der Waals surface area contributed by atoms with E-state index in [2.05, 4.69) is 20.6 Å². The number of para-hydroxylation sites is 2. The number of nitrogens with zero attached hydrogens (tertiary/aromatic N) is 3. The van der Waals surface area contributed by atoms with Crippen LogP contribution in [0.4, 0.5) is 28.7 Å². The minimum Gasteiger partial charge on any atom is -0.497 e. The molecule has 0 bridgehead atoms. The van der Waals surface area contributed by atoms with Crippen molar-refractivity contribution in [3.8, 4) is 17.2 Å². The maximum atomic E-state index is 11.8. The first-order valence-electron chi connectivity index (χ1n) is 8.45. The van der Waals surface area contributed by atoms with E-state index in [1.54, 1.807) is 42.5 Å². The third-order valence-corrected chi connectivity index (χ3v) is 4.03. The lowest BCUT2D eigenvalue weighted by atomic mass is 10.2. The maximum absolute atomic E-state index is 11.8. The number of nitrogens with one attached hydrogen (secondary N) is 2. The normalized spacial score (nSPS) is 10.2. The number of rotatable bonds is 8. The minimum atomic E-state index is -0.559. The fourth-order valence-corrected chi connectivity index (χ4v) is 2.64. The second-order valence-electron chi connectivity index (χ2n) is 5.69. The van der Waals surface area contributed by atoms with Crippen molar-refractivity contribution in [3.63, 3.8) is 0 Å². The van der Waals surface area contributed by atoms with Crippen molar-refractivity contribution < 1.29 is 19.1 Å². The number of nitro groups is 1. The van der Waals surface area contributed by atoms with Crippen LogP contribution in [0.5, 0.6) is 17.2 Å². The van der Waals surface area contributed by atoms with Crippen molar-refractivity contribution in [1.29, 1.82) is 0 Å². The molecule has 10 nitrogen and oxygen atoms in total. The number of aromatic nitrogens is 2. The lowest BCUT2D eigenvalue weighted by Crippen LogP contribution is -2.06. The van der Waals surface area contributed by atoms with E-state index in [1.165, 1.54) is 27.7 Å². The first-order chi connectivity index (χ1) is 14.1. The van der Waals surface area contributed by atoms with Crippen molar-refractivity contribution in [1.82, 2.24) is 9.97 Å². The summed E-state index contributed by atoms with van der Waals surface area (Å²) in [7, 11) is 4.54. The van der Waals surface area contributed by atoms with Crippen molar-refractivity contribution in [2.24, 2.45) is 0 Å². The van der Waals surface area contributed by atoms with Crippen molar-refractivity contribution in [3.05, 3.63) is 58.9 Å². The summed E-state index contributed by atoms with van der Waals surface area (Å²) in [5.74, 6) is 1.57. The molecule has 10 heteroatoms. The Morgan fingerprint density at radius 3 is 2.07 bits per heavy atom. The molecule has 0 atom stereocenters. The van der Waals surface area contributed by atoms with Crippen molar-refractivity contribution in [2.45, 2.75) is 0 Å². The minimum absolute atomic E-state index is 0.00543. The van der Waals surface area contributed by atoms with E-state index in [9.17, 15) is 10.1 Å². The van der Waals surface area contributed by atoms with E-state index in [-0.39, 0.29) is 17.3 Å². The van der Waals surface area contributed by atoms with E-state index in [0.717, 1.165) is 0 Å². The summed E-state index contributed by atoms with van der Waals surface area (Å²) >= 11 is 0. The highest BCUT2D eigenvalue weighted by Crippen LogP contribution is 2.37. The van der Waals surface area contributed by atoms with E-state index >= 15 is 0 Å². The zero-order valence-electron chi connectivity index (χ0n) is 16.0. The van der Waals surface area contributed by atoms with Gasteiger partial charge in [0, 0.05) is 6.07 Å². The first kappa shape index (κ1) is 19.7. The number of anilines is 4. The molecule has 0 aliphatic rings. The summed E-state index contributed by atoms with van der Waals surface area (Å²) in [4.78, 5) is 19.3. The Labute approximate surface area is 166 Å². The summed E-state index contributed by atoms with van der Waals surface area (Å²) in [5, 5.41) is 17.7. The summed E-state index contributed by atoms with van der Waals surface area (Å²) in [6, 6.07) is 12.1. The Bertz CT molecular complexity index is 1030. The third kappa shape index (κ3) is 4.26. The molecule has 3 rings (SSSR count). The molecule has 1 heterocycles. The van der Waals surface area contributed by atoms with Crippen LogP contribution in [0.2, 0.25) is 0 Å². The van der Waals surface area contributed by atoms with Crippen LogP contribution in [0.25, 0.3) is 0 Å². The Hall–Kier alpha value is -4.08. The average Bonchev–Trinajstić information content (AvgIpc) is 2.74. The summed E-state index contributed by atoms with van der Waals surface area (Å²) in [5.41, 5.74) is 0.694. The van der Waals surface area contributed by atoms with Gasteiger partial charge in [-0.3, -0.25) is 10.1 Å². The first-order valence-corrected chi connectivity index (χ1v) is 8.45. The SMILES string of the molecule is COc1ccc(Nc2ncnc(Nc3ccccc3OC)c2[N+](=O)[O-])c(OC)c1. The molecule has 3 aromatic rings. The zero-order valence-corrected chi connectivity index (χ0v) is 16.0. The summed E-state index contributed by atoms with van der Waals surface area (Å²) in [6.07, 6.45) is 1.23. The van der Waals surface area contributed by atoms with Crippen LogP contribution in [-0.4, -0.2) is 36.2 Å². The lowest BCUT2D eigenvalue weighted by molar-refractivity contribution is -0.383. The second kappa shape index (κ2) is 8.74. The molecule has 0 unspecified atom stereocenters. The van der Waals surface area contributed by atoms with Gasteiger partial charge in [-0.15, -0.1) is 0 Å². The van der Waals surface area contributed by atoms with Gasteiger partial charge in [-0.25, -0.2) is 9.97 Å². The molecule has 0 amide bonds. The van der Waals surface area contributed by atoms with Crippen LogP contribution < -0.4 is 24.8 Å². The predicted octanol–water partition coefficient (Wildman–Crippen LogP) is 3.90. The molecule has 2 aromatic carbocycles. The molecular weight excluding hydrogens is 378 g/mol. The monoisotopic (exact) mass is 397 g/mol. The largest absolute Gasteiger partial charge is 0.497 e. The highest BCUT2D eigenvalue weighted by Gasteiger charge is 2.24. The molecule has 0 aliphatic heterocycles. The van der Waals surface area contributed by atoms with Gasteiger partial charge >= 0.3 is 5.69 Å². The highest BCUT2D eigenvalue weighted by molar-refractivity contribution is 5.79. The van der Waals surface area contributed by atoms with Gasteiger partial charge < -0.3 is 24.8 Å². The van der Waals surface area contributed by atoms with Gasteiger partial charge in [0.2, 0.25) is 11.6 Å². The van der Waals surface area contributed by atoms with Gasteiger partial charge in [0.05, 0.1) is 37.6 Å².